The molecule has 0 fully saturated rings. The van der Waals surface area contributed by atoms with Crippen molar-refractivity contribution in [2.75, 3.05) is 0 Å². The molecule has 0 bridgehead atoms. The van der Waals surface area contributed by atoms with E-state index in [4.69, 9.17) is 22.0 Å². The van der Waals surface area contributed by atoms with Crippen LogP contribution in [0.5, 0.6) is 0 Å². The van der Waals surface area contributed by atoms with E-state index in [-0.39, 0.29) is 0 Å². The maximum absolute atomic E-state index is 10.4. The maximum atomic E-state index is 10.4. The molecule has 10 nitrogen and oxygen atoms in total. The minimum absolute atomic E-state index is 0.486. The number of nitriles is 2. The number of hydrogen-bond acceptors (Lipinski definition) is 4. The molecule has 0 atom stereocenters. The first kappa shape index (κ1) is 55.5. The number of para-hydroxylation sites is 8. The first-order chi connectivity index (χ1) is 48.5. The van der Waals surface area contributed by atoms with Gasteiger partial charge < -0.3 is 27.1 Å². The zero-order valence-electron chi connectivity index (χ0n) is 52.1. The third-order valence-corrected chi connectivity index (χ3v) is 19.6. The molecule has 0 saturated heterocycles. The Labute approximate surface area is 559 Å². The normalized spacial score (nSPS) is 11.6. The Balaban J connectivity index is 0.000000137. The Morgan fingerprint density at radius 2 is 0.612 bits per heavy atom. The summed E-state index contributed by atoms with van der Waals surface area (Å²) in [6.07, 6.45) is 0. The second-order valence-electron chi connectivity index (χ2n) is 24.6. The van der Waals surface area contributed by atoms with Crippen LogP contribution in [0, 0.1) is 35.8 Å². The van der Waals surface area contributed by atoms with E-state index in [1.807, 2.05) is 115 Å². The zero-order valence-corrected chi connectivity index (χ0v) is 52.1. The molecule has 0 aliphatic rings. The Bertz CT molecular complexity index is 6900. The third-order valence-electron chi connectivity index (χ3n) is 19.6. The number of furan rings is 2. The van der Waals surface area contributed by atoms with Crippen molar-refractivity contribution in [3.05, 3.63) is 325 Å². The highest BCUT2D eigenvalue weighted by Crippen LogP contribution is 2.47. The van der Waals surface area contributed by atoms with Crippen molar-refractivity contribution < 1.29 is 8.83 Å². The van der Waals surface area contributed by atoms with Gasteiger partial charge in [0, 0.05) is 82.0 Å². The van der Waals surface area contributed by atoms with E-state index in [0.29, 0.717) is 33.6 Å². The van der Waals surface area contributed by atoms with Gasteiger partial charge in [0.05, 0.1) is 85.9 Å². The molecule has 20 aromatic rings. The second-order valence-corrected chi connectivity index (χ2v) is 24.6. The van der Waals surface area contributed by atoms with Crippen LogP contribution in [0.2, 0.25) is 0 Å². The van der Waals surface area contributed by atoms with Crippen molar-refractivity contribution >= 4 is 142 Å². The quantitative estimate of drug-likeness (QED) is 0.155. The van der Waals surface area contributed by atoms with E-state index in [1.54, 1.807) is 0 Å². The molecule has 6 aromatic heterocycles. The Hall–Kier alpha value is -14.2. The standard InChI is InChI=1S/2C44H24N4O/c1-46-37-22-20-29(48-40-16-8-4-13-34(40)43-41(48)23-21-33-32-12-5-9-17-42(32)49-44(33)43)25-36(37)35-24-28(19-18-27(35)26-45)47-38-14-6-2-10-30(38)31-11-3-7-15-39(31)47;1-46-36-21-20-29(48-39-16-8-4-12-32(39)43-40(48)22-23-42-44(43)33-13-5-9-17-41(33)49-42)25-35(36)34-24-28(19-18-27(34)26-45)47-37-14-6-2-10-30(37)31-11-3-7-15-38(31)47/h2*2-25H. The van der Waals surface area contributed by atoms with E-state index < -0.39 is 0 Å². The van der Waals surface area contributed by atoms with E-state index in [2.05, 4.69) is 216 Å². The van der Waals surface area contributed by atoms with Crippen LogP contribution in [-0.2, 0) is 0 Å². The van der Waals surface area contributed by atoms with Gasteiger partial charge in [-0.25, -0.2) is 9.69 Å². The van der Waals surface area contributed by atoms with E-state index in [1.165, 1.54) is 10.8 Å². The highest BCUT2D eigenvalue weighted by molar-refractivity contribution is 6.28. The summed E-state index contributed by atoms with van der Waals surface area (Å²) < 4.78 is 21.7. The van der Waals surface area contributed by atoms with Gasteiger partial charge in [-0.05, 0) is 156 Å². The van der Waals surface area contributed by atoms with Gasteiger partial charge >= 0.3 is 0 Å². The molecule has 10 heteroatoms. The summed E-state index contributed by atoms with van der Waals surface area (Å²) >= 11 is 0. The van der Waals surface area contributed by atoms with Crippen molar-refractivity contribution in [3.8, 4) is 57.1 Å². The average molecular weight is 1250 g/mol. The second kappa shape index (κ2) is 21.7. The summed E-state index contributed by atoms with van der Waals surface area (Å²) in [6, 6.07) is 104. The topological polar surface area (TPSA) is 102 Å². The lowest BCUT2D eigenvalue weighted by Gasteiger charge is -2.15. The molecular formula is C88H48N8O2. The third kappa shape index (κ3) is 8.17. The van der Waals surface area contributed by atoms with Crippen LogP contribution in [0.15, 0.2) is 300 Å². The van der Waals surface area contributed by atoms with Crippen LogP contribution in [-0.4, -0.2) is 18.3 Å². The van der Waals surface area contributed by atoms with Crippen LogP contribution >= 0.6 is 0 Å². The largest absolute Gasteiger partial charge is 0.456 e. The highest BCUT2D eigenvalue weighted by Gasteiger charge is 2.24. The fourth-order valence-corrected chi connectivity index (χ4v) is 15.4. The minimum atomic E-state index is 0.486. The van der Waals surface area contributed by atoms with E-state index in [9.17, 15) is 10.5 Å². The molecule has 0 spiro atoms. The number of nitrogens with zero attached hydrogens (tertiary/aromatic N) is 8. The van der Waals surface area contributed by atoms with Crippen molar-refractivity contribution in [2.45, 2.75) is 0 Å². The predicted octanol–water partition coefficient (Wildman–Crippen LogP) is 23.7. The van der Waals surface area contributed by atoms with E-state index in [0.717, 1.165) is 154 Å². The Kier molecular flexibility index (Phi) is 12.3. The average Bonchev–Trinajstić information content (AvgIpc) is 1.56. The molecule has 0 N–H and O–H groups in total. The van der Waals surface area contributed by atoms with Crippen LogP contribution in [0.1, 0.15) is 11.1 Å². The molecular weight excluding hydrogens is 1200 g/mol. The molecule has 0 aliphatic heterocycles. The van der Waals surface area contributed by atoms with Crippen LogP contribution in [0.4, 0.5) is 11.4 Å². The van der Waals surface area contributed by atoms with Crippen LogP contribution in [0.25, 0.3) is 186 Å². The van der Waals surface area contributed by atoms with Crippen LogP contribution in [0.3, 0.4) is 0 Å². The summed E-state index contributed by atoms with van der Waals surface area (Å²) in [4.78, 5) is 7.88. The van der Waals surface area contributed by atoms with Gasteiger partial charge in [0.25, 0.3) is 0 Å². The fraction of sp³-hybridized carbons (Fsp3) is 0. The van der Waals surface area contributed by atoms with Crippen molar-refractivity contribution in [1.82, 2.24) is 18.3 Å². The van der Waals surface area contributed by atoms with Gasteiger partial charge in [-0.3, -0.25) is 0 Å². The van der Waals surface area contributed by atoms with Gasteiger partial charge in [0.2, 0.25) is 0 Å². The number of rotatable bonds is 6. The Morgan fingerprint density at radius 3 is 1.07 bits per heavy atom. The first-order valence-electron chi connectivity index (χ1n) is 32.2. The molecule has 20 rings (SSSR count). The van der Waals surface area contributed by atoms with Gasteiger partial charge in [-0.15, -0.1) is 0 Å². The summed E-state index contributed by atoms with van der Waals surface area (Å²) in [5.74, 6) is 0. The molecule has 0 radical (unpaired) electrons. The minimum Gasteiger partial charge on any atom is -0.456 e. The molecule has 0 aliphatic carbocycles. The number of aromatic nitrogens is 4. The van der Waals surface area contributed by atoms with Gasteiger partial charge in [-0.1, -0.05) is 158 Å². The van der Waals surface area contributed by atoms with Gasteiger partial charge in [0.1, 0.15) is 22.3 Å². The molecule has 6 heterocycles. The lowest BCUT2D eigenvalue weighted by molar-refractivity contribution is 0.669. The fourth-order valence-electron chi connectivity index (χ4n) is 15.4. The molecule has 14 aromatic carbocycles. The van der Waals surface area contributed by atoms with Crippen LogP contribution < -0.4 is 0 Å². The molecule has 0 unspecified atom stereocenters. The molecule has 0 saturated carbocycles. The van der Waals surface area contributed by atoms with Crippen molar-refractivity contribution in [1.29, 1.82) is 10.5 Å². The summed E-state index contributed by atoms with van der Waals surface area (Å²) in [7, 11) is 0. The number of fused-ring (bicyclic) bond motifs is 20. The lowest BCUT2D eigenvalue weighted by atomic mass is 9.97. The SMILES string of the molecule is [C-]#[N+]c1ccc(-n2c3ccccc3c3c4c(ccc32)oc2ccccc24)cc1-c1cc(-n2c3ccccc3c3ccccc32)ccc1C#N.[C-]#[N+]c1ccc(-n2c3ccccc3c3c4oc5ccccc5c4ccc32)cc1-c1cc(-n2c3ccccc3c3ccccc32)ccc1C#N. The highest BCUT2D eigenvalue weighted by atomic mass is 16.3. The molecule has 98 heavy (non-hydrogen) atoms. The van der Waals surface area contributed by atoms with Crippen molar-refractivity contribution in [3.63, 3.8) is 0 Å². The summed E-state index contributed by atoms with van der Waals surface area (Å²) in [5, 5.41) is 34.1. The first-order valence-corrected chi connectivity index (χ1v) is 32.2. The predicted molar refractivity (Wildman–Crippen MR) is 398 cm³/mol. The van der Waals surface area contributed by atoms with Gasteiger partial charge in [0.15, 0.2) is 11.4 Å². The summed E-state index contributed by atoms with van der Waals surface area (Å²) in [5.41, 5.74) is 20.4. The summed E-state index contributed by atoms with van der Waals surface area (Å²) in [6.45, 7) is 16.3. The smallest absolute Gasteiger partial charge is 0.195 e. The zero-order chi connectivity index (χ0) is 65.3. The number of hydrogen-bond donors (Lipinski definition) is 0. The Morgan fingerprint density at radius 1 is 0.265 bits per heavy atom. The molecule has 452 valence electrons. The van der Waals surface area contributed by atoms with Crippen molar-refractivity contribution in [2.24, 2.45) is 0 Å². The number of benzene rings is 14. The van der Waals surface area contributed by atoms with E-state index >= 15 is 0 Å². The molecule has 0 amide bonds. The monoisotopic (exact) mass is 1250 g/mol. The maximum Gasteiger partial charge on any atom is 0.195 e. The van der Waals surface area contributed by atoms with Gasteiger partial charge in [-0.2, -0.15) is 10.5 Å². The lowest BCUT2D eigenvalue weighted by Crippen LogP contribution is -1.98.